The molecular weight excluding hydrogens is 296 g/mol. The van der Waals surface area contributed by atoms with Crippen molar-refractivity contribution in [2.75, 3.05) is 5.32 Å². The predicted octanol–water partition coefficient (Wildman–Crippen LogP) is 2.89. The first-order valence-corrected chi connectivity index (χ1v) is 7.90. The molecule has 3 aromatic rings. The van der Waals surface area contributed by atoms with E-state index in [1.165, 1.54) is 21.6 Å². The van der Waals surface area contributed by atoms with Crippen molar-refractivity contribution in [3.63, 3.8) is 0 Å². The van der Waals surface area contributed by atoms with E-state index < -0.39 is 0 Å². The third-order valence-corrected chi connectivity index (χ3v) is 5.10. The van der Waals surface area contributed by atoms with Crippen molar-refractivity contribution in [1.29, 1.82) is 0 Å². The van der Waals surface area contributed by atoms with Crippen LogP contribution in [0.2, 0.25) is 0 Å². The zero-order valence-electron chi connectivity index (χ0n) is 12.0. The molecule has 0 atom stereocenters. The topological polar surface area (TPSA) is 59.8 Å². The average Bonchev–Trinajstić information content (AvgIpc) is 3.14. The van der Waals surface area contributed by atoms with E-state index in [0.29, 0.717) is 10.8 Å². The molecule has 5 nitrogen and oxygen atoms in total. The highest BCUT2D eigenvalue weighted by atomic mass is 32.1. The van der Waals surface area contributed by atoms with Gasteiger partial charge in [0.2, 0.25) is 5.95 Å². The van der Waals surface area contributed by atoms with Gasteiger partial charge in [-0.25, -0.2) is 0 Å². The third kappa shape index (κ3) is 2.12. The second-order valence-corrected chi connectivity index (χ2v) is 6.39. The number of aromatic nitrogens is 3. The zero-order valence-corrected chi connectivity index (χ0v) is 12.9. The van der Waals surface area contributed by atoms with Gasteiger partial charge in [-0.2, -0.15) is 0 Å². The highest BCUT2D eigenvalue weighted by Crippen LogP contribution is 2.39. The summed E-state index contributed by atoms with van der Waals surface area (Å²) in [5.74, 6) is 0.324. The lowest BCUT2D eigenvalue weighted by Crippen LogP contribution is -2.13. The minimum atomic E-state index is -0.131. The molecule has 0 saturated carbocycles. The van der Waals surface area contributed by atoms with Crippen LogP contribution in [-0.4, -0.2) is 20.7 Å². The van der Waals surface area contributed by atoms with Gasteiger partial charge in [0.1, 0.15) is 6.33 Å². The fourth-order valence-electron chi connectivity index (χ4n) is 2.74. The van der Waals surface area contributed by atoms with Gasteiger partial charge in [-0.3, -0.25) is 10.1 Å². The molecule has 1 aliphatic rings. The van der Waals surface area contributed by atoms with Gasteiger partial charge in [0, 0.05) is 11.9 Å². The van der Waals surface area contributed by atoms with Crippen LogP contribution in [0.3, 0.4) is 0 Å². The minimum Gasteiger partial charge on any atom is -0.303 e. The average molecular weight is 310 g/mol. The van der Waals surface area contributed by atoms with Crippen molar-refractivity contribution in [2.45, 2.75) is 12.8 Å². The van der Waals surface area contributed by atoms with Gasteiger partial charge in [0.25, 0.3) is 5.91 Å². The molecule has 0 aliphatic heterocycles. The van der Waals surface area contributed by atoms with Gasteiger partial charge in [-0.15, -0.1) is 21.5 Å². The van der Waals surface area contributed by atoms with Crippen molar-refractivity contribution >= 4 is 23.2 Å². The molecule has 1 aromatic carbocycles. The van der Waals surface area contributed by atoms with E-state index in [9.17, 15) is 4.79 Å². The standard InChI is InChI=1S/C16H14N4OS/c1-20-9-17-19-16(20)18-15(21)13-8-11-7-6-10-4-2-3-5-12(10)14(11)22-13/h2-5,8-9H,6-7H2,1H3,(H,18,19,21). The molecule has 0 radical (unpaired) electrons. The second kappa shape index (κ2) is 5.06. The fraction of sp³-hybridized carbons (Fsp3) is 0.188. The molecule has 22 heavy (non-hydrogen) atoms. The number of nitrogens with zero attached hydrogens (tertiary/aromatic N) is 3. The predicted molar refractivity (Wildman–Crippen MR) is 86.1 cm³/mol. The number of carbonyl (C=O) groups is 1. The van der Waals surface area contributed by atoms with Gasteiger partial charge < -0.3 is 4.57 Å². The first kappa shape index (κ1) is 13.2. The molecule has 0 bridgehead atoms. The largest absolute Gasteiger partial charge is 0.303 e. The van der Waals surface area contributed by atoms with Crippen LogP contribution in [0.5, 0.6) is 0 Å². The van der Waals surface area contributed by atoms with Crippen LogP contribution in [-0.2, 0) is 19.9 Å². The number of fused-ring (bicyclic) bond motifs is 3. The molecule has 2 aromatic heterocycles. The van der Waals surface area contributed by atoms with Crippen LogP contribution < -0.4 is 5.32 Å². The Hall–Kier alpha value is -2.47. The number of hydrogen-bond donors (Lipinski definition) is 1. The van der Waals surface area contributed by atoms with Gasteiger partial charge in [-0.1, -0.05) is 24.3 Å². The molecule has 4 rings (SSSR count). The van der Waals surface area contributed by atoms with E-state index in [2.05, 4.69) is 33.7 Å². The molecule has 6 heteroatoms. The van der Waals surface area contributed by atoms with Crippen LogP contribution in [0, 0.1) is 0 Å². The van der Waals surface area contributed by atoms with E-state index in [4.69, 9.17) is 0 Å². The lowest BCUT2D eigenvalue weighted by molar-refractivity contribution is 0.102. The summed E-state index contributed by atoms with van der Waals surface area (Å²) in [6.45, 7) is 0. The fourth-order valence-corrected chi connectivity index (χ4v) is 3.91. The van der Waals surface area contributed by atoms with Crippen LogP contribution in [0.1, 0.15) is 20.8 Å². The Labute approximate surface area is 131 Å². The van der Waals surface area contributed by atoms with Gasteiger partial charge >= 0.3 is 0 Å². The van der Waals surface area contributed by atoms with Crippen molar-refractivity contribution < 1.29 is 4.79 Å². The van der Waals surface area contributed by atoms with Gasteiger partial charge in [0.05, 0.1) is 4.88 Å². The molecule has 1 N–H and O–H groups in total. The van der Waals surface area contributed by atoms with Crippen molar-refractivity contribution in [3.05, 3.63) is 52.7 Å². The zero-order chi connectivity index (χ0) is 15.1. The Balaban J connectivity index is 1.67. The summed E-state index contributed by atoms with van der Waals surface area (Å²) in [7, 11) is 1.80. The number of anilines is 1. The number of amides is 1. The number of aryl methyl sites for hydroxylation is 3. The Morgan fingerprint density at radius 3 is 2.91 bits per heavy atom. The Morgan fingerprint density at radius 1 is 1.27 bits per heavy atom. The van der Waals surface area contributed by atoms with Crippen molar-refractivity contribution in [1.82, 2.24) is 14.8 Å². The maximum absolute atomic E-state index is 12.4. The molecule has 110 valence electrons. The molecule has 0 saturated heterocycles. The summed E-state index contributed by atoms with van der Waals surface area (Å²) >= 11 is 1.54. The maximum Gasteiger partial charge on any atom is 0.268 e. The lowest BCUT2D eigenvalue weighted by atomic mass is 9.91. The monoisotopic (exact) mass is 310 g/mol. The van der Waals surface area contributed by atoms with E-state index in [1.54, 1.807) is 29.3 Å². The summed E-state index contributed by atoms with van der Waals surface area (Å²) in [6.07, 6.45) is 3.58. The second-order valence-electron chi connectivity index (χ2n) is 5.34. The third-order valence-electron chi connectivity index (χ3n) is 3.90. The maximum atomic E-state index is 12.4. The smallest absolute Gasteiger partial charge is 0.268 e. The number of hydrogen-bond acceptors (Lipinski definition) is 4. The molecule has 1 aliphatic carbocycles. The normalized spacial score (nSPS) is 12.6. The van der Waals surface area contributed by atoms with E-state index in [0.717, 1.165) is 12.8 Å². The van der Waals surface area contributed by atoms with E-state index in [1.807, 2.05) is 12.1 Å². The summed E-state index contributed by atoms with van der Waals surface area (Å²) < 4.78 is 1.68. The van der Waals surface area contributed by atoms with E-state index in [-0.39, 0.29) is 5.91 Å². The Kier molecular flexibility index (Phi) is 3.04. The van der Waals surface area contributed by atoms with E-state index >= 15 is 0 Å². The van der Waals surface area contributed by atoms with Crippen molar-refractivity contribution in [2.24, 2.45) is 7.05 Å². The summed E-state index contributed by atoms with van der Waals surface area (Å²) in [6, 6.07) is 10.4. The first-order valence-electron chi connectivity index (χ1n) is 7.09. The Morgan fingerprint density at radius 2 is 2.09 bits per heavy atom. The van der Waals surface area contributed by atoms with Gasteiger partial charge in [-0.05, 0) is 35.6 Å². The quantitative estimate of drug-likeness (QED) is 0.792. The van der Waals surface area contributed by atoms with Crippen LogP contribution in [0.25, 0.3) is 10.4 Å². The molecular formula is C16H14N4OS. The van der Waals surface area contributed by atoms with Crippen molar-refractivity contribution in [3.8, 4) is 10.4 Å². The first-order chi connectivity index (χ1) is 10.7. The SMILES string of the molecule is Cn1cnnc1NC(=O)c1cc2c(s1)-c1ccccc1CC2. The molecule has 1 amide bonds. The highest BCUT2D eigenvalue weighted by molar-refractivity contribution is 7.17. The number of thiophene rings is 1. The summed E-state index contributed by atoms with van der Waals surface area (Å²) in [4.78, 5) is 14.3. The number of nitrogens with one attached hydrogen (secondary N) is 1. The number of rotatable bonds is 2. The summed E-state index contributed by atoms with van der Waals surface area (Å²) in [5, 5.41) is 10.5. The molecule has 0 unspecified atom stereocenters. The lowest BCUT2D eigenvalue weighted by Gasteiger charge is -2.15. The van der Waals surface area contributed by atoms with Crippen LogP contribution in [0.15, 0.2) is 36.7 Å². The molecule has 2 heterocycles. The Bertz CT molecular complexity index is 865. The highest BCUT2D eigenvalue weighted by Gasteiger charge is 2.21. The molecule has 0 spiro atoms. The molecule has 0 fully saturated rings. The van der Waals surface area contributed by atoms with Crippen LogP contribution >= 0.6 is 11.3 Å². The number of carbonyl (C=O) groups excluding carboxylic acids is 1. The number of benzene rings is 1. The van der Waals surface area contributed by atoms with Crippen LogP contribution in [0.4, 0.5) is 5.95 Å². The summed E-state index contributed by atoms with van der Waals surface area (Å²) in [5.41, 5.74) is 3.87. The minimum absolute atomic E-state index is 0.131. The van der Waals surface area contributed by atoms with Gasteiger partial charge in [0.15, 0.2) is 0 Å².